The summed E-state index contributed by atoms with van der Waals surface area (Å²) in [5, 5.41) is 10.6. The van der Waals surface area contributed by atoms with Crippen LogP contribution in [0.25, 0.3) is 22.2 Å². The third kappa shape index (κ3) is 3.70. The fourth-order valence-electron chi connectivity index (χ4n) is 5.12. The lowest BCUT2D eigenvalue weighted by Crippen LogP contribution is -2.37. The van der Waals surface area contributed by atoms with E-state index in [4.69, 9.17) is 10.5 Å². The second-order valence-corrected chi connectivity index (χ2v) is 10.8. The average molecular weight is 470 g/mol. The molecule has 2 fully saturated rings. The van der Waals surface area contributed by atoms with E-state index >= 15 is 0 Å². The van der Waals surface area contributed by atoms with Gasteiger partial charge >= 0.3 is 0 Å². The first-order valence-electron chi connectivity index (χ1n) is 11.7. The maximum Gasteiger partial charge on any atom is 0.243 e. The number of benzene rings is 2. The van der Waals surface area contributed by atoms with Gasteiger partial charge in [0.05, 0.1) is 35.0 Å². The van der Waals surface area contributed by atoms with Crippen LogP contribution in [0.4, 0.5) is 5.69 Å². The second kappa shape index (κ2) is 8.66. The van der Waals surface area contributed by atoms with Crippen molar-refractivity contribution in [2.45, 2.75) is 56.0 Å². The number of nitrogens with zero attached hydrogens (tertiary/aromatic N) is 2. The van der Waals surface area contributed by atoms with Gasteiger partial charge in [0.25, 0.3) is 0 Å². The zero-order valence-electron chi connectivity index (χ0n) is 18.9. The highest BCUT2D eigenvalue weighted by Gasteiger charge is 2.35. The van der Waals surface area contributed by atoms with Crippen molar-refractivity contribution in [2.24, 2.45) is 0 Å². The Hall–Kier alpha value is -2.55. The molecule has 0 amide bonds. The fraction of sp³-hybridized carbons (Fsp3) is 0.440. The Kier molecular flexibility index (Phi) is 5.84. The van der Waals surface area contributed by atoms with Crippen LogP contribution in [-0.4, -0.2) is 48.2 Å². The number of hydrogen-bond donors (Lipinski definition) is 2. The highest BCUT2D eigenvalue weighted by Crippen LogP contribution is 2.45. The van der Waals surface area contributed by atoms with Crippen LogP contribution < -0.4 is 10.5 Å². The lowest BCUT2D eigenvalue weighted by molar-refractivity contribution is 0.213. The van der Waals surface area contributed by atoms with Gasteiger partial charge in [-0.25, -0.2) is 8.42 Å². The third-order valence-electron chi connectivity index (χ3n) is 7.03. The van der Waals surface area contributed by atoms with Crippen molar-refractivity contribution in [1.29, 1.82) is 0 Å². The first-order chi connectivity index (χ1) is 16.0. The molecule has 1 saturated carbocycles. The largest absolute Gasteiger partial charge is 0.494 e. The van der Waals surface area contributed by atoms with Crippen LogP contribution >= 0.6 is 0 Å². The summed E-state index contributed by atoms with van der Waals surface area (Å²) in [7, 11) is -3.65. The van der Waals surface area contributed by atoms with E-state index in [1.54, 1.807) is 12.1 Å². The molecule has 5 rings (SSSR count). The van der Waals surface area contributed by atoms with E-state index < -0.39 is 10.0 Å². The number of ether oxygens (including phenoxy) is 1. The normalized spacial score (nSPS) is 19.8. The van der Waals surface area contributed by atoms with Crippen LogP contribution in [0.1, 0.15) is 45.1 Å². The predicted molar refractivity (Wildman–Crippen MR) is 130 cm³/mol. The van der Waals surface area contributed by atoms with E-state index in [0.717, 1.165) is 47.2 Å². The molecule has 0 unspecified atom stereocenters. The number of anilines is 1. The second-order valence-electron chi connectivity index (χ2n) is 8.95. The summed E-state index contributed by atoms with van der Waals surface area (Å²) < 4.78 is 35.8. The molecule has 2 aliphatic rings. The summed E-state index contributed by atoms with van der Waals surface area (Å²) in [4.78, 5) is 0.245. The van der Waals surface area contributed by atoms with Crippen LogP contribution in [-0.2, 0) is 10.0 Å². The molecule has 1 atom stereocenters. The highest BCUT2D eigenvalue weighted by molar-refractivity contribution is 7.89. The van der Waals surface area contributed by atoms with Gasteiger partial charge in [0.2, 0.25) is 10.0 Å². The summed E-state index contributed by atoms with van der Waals surface area (Å²) >= 11 is 0. The number of nitrogen functional groups attached to an aromatic ring is 1. The Morgan fingerprint density at radius 2 is 1.85 bits per heavy atom. The van der Waals surface area contributed by atoms with Gasteiger partial charge < -0.3 is 20.1 Å². The van der Waals surface area contributed by atoms with E-state index in [1.165, 1.54) is 10.7 Å². The highest BCUT2D eigenvalue weighted by atomic mass is 32.2. The van der Waals surface area contributed by atoms with Crippen molar-refractivity contribution in [2.75, 3.05) is 25.5 Å². The maximum atomic E-state index is 13.2. The SMILES string of the molecule is CCOc1ccc2c(N)c(-c3ccc(S(=O)(=O)N4CCC[C@@H]4CO)cc3)n(C3CCC3)c2c1. The lowest BCUT2D eigenvalue weighted by Gasteiger charge is -2.30. The van der Waals surface area contributed by atoms with Crippen molar-refractivity contribution in [3.05, 3.63) is 42.5 Å². The zero-order chi connectivity index (χ0) is 23.2. The quantitative estimate of drug-likeness (QED) is 0.541. The standard InChI is InChI=1S/C25H31N3O4S/c1-2-32-20-10-13-22-23(15-20)28(18-5-3-6-18)25(24(22)26)17-8-11-21(12-9-17)33(30,31)27-14-4-7-19(27)16-29/h8-13,15,18-19,29H,2-7,14,16,26H2,1H3/t19-/m1/s1. The molecule has 3 N–H and O–H groups in total. The van der Waals surface area contributed by atoms with E-state index in [1.807, 2.05) is 31.2 Å². The number of aromatic nitrogens is 1. The smallest absolute Gasteiger partial charge is 0.243 e. The van der Waals surface area contributed by atoms with Crippen molar-refractivity contribution in [3.63, 3.8) is 0 Å². The summed E-state index contributed by atoms with van der Waals surface area (Å²) in [6.45, 7) is 2.86. The van der Waals surface area contributed by atoms with Crippen LogP contribution in [0.5, 0.6) is 5.75 Å². The Bertz CT molecular complexity index is 1260. The lowest BCUT2D eigenvalue weighted by atomic mass is 9.92. The van der Waals surface area contributed by atoms with Crippen LogP contribution in [0, 0.1) is 0 Å². The Morgan fingerprint density at radius 3 is 2.48 bits per heavy atom. The Labute approximate surface area is 194 Å². The molecule has 1 aliphatic heterocycles. The summed E-state index contributed by atoms with van der Waals surface area (Å²) in [5.74, 6) is 0.820. The van der Waals surface area contributed by atoms with E-state index in [-0.39, 0.29) is 17.5 Å². The molecule has 0 spiro atoms. The van der Waals surface area contributed by atoms with Crippen LogP contribution in [0.2, 0.25) is 0 Å². The van der Waals surface area contributed by atoms with Gasteiger partial charge in [-0.05, 0) is 63.3 Å². The molecule has 0 radical (unpaired) electrons. The molecule has 8 heteroatoms. The summed E-state index contributed by atoms with van der Waals surface area (Å²) in [6, 6.07) is 13.0. The fourth-order valence-corrected chi connectivity index (χ4v) is 6.80. The van der Waals surface area contributed by atoms with Crippen LogP contribution in [0.3, 0.4) is 0 Å². The van der Waals surface area contributed by atoms with Gasteiger partial charge in [-0.1, -0.05) is 12.1 Å². The van der Waals surface area contributed by atoms with Crippen molar-refractivity contribution in [1.82, 2.24) is 8.87 Å². The minimum atomic E-state index is -3.65. The monoisotopic (exact) mass is 469 g/mol. The number of fused-ring (bicyclic) bond motifs is 1. The van der Waals surface area contributed by atoms with Crippen LogP contribution in [0.15, 0.2) is 47.4 Å². The minimum absolute atomic E-state index is 0.154. The summed E-state index contributed by atoms with van der Waals surface area (Å²) in [5.41, 5.74) is 10.2. The number of aliphatic hydroxyl groups excluding tert-OH is 1. The van der Waals surface area contributed by atoms with Gasteiger partial charge in [-0.2, -0.15) is 4.31 Å². The number of aliphatic hydroxyl groups is 1. The first-order valence-corrected chi connectivity index (χ1v) is 13.2. The van der Waals surface area contributed by atoms with E-state index in [0.29, 0.717) is 31.3 Å². The molecule has 2 aromatic carbocycles. The minimum Gasteiger partial charge on any atom is -0.494 e. The van der Waals surface area contributed by atoms with Gasteiger partial charge in [0.15, 0.2) is 0 Å². The van der Waals surface area contributed by atoms with E-state index in [9.17, 15) is 13.5 Å². The number of nitrogens with two attached hydrogens (primary N) is 1. The number of rotatable bonds is 7. The topological polar surface area (TPSA) is 97.8 Å². The molecular weight excluding hydrogens is 438 g/mol. The van der Waals surface area contributed by atoms with E-state index in [2.05, 4.69) is 10.6 Å². The zero-order valence-corrected chi connectivity index (χ0v) is 19.7. The predicted octanol–water partition coefficient (Wildman–Crippen LogP) is 4.16. The molecule has 2 heterocycles. The molecule has 1 aliphatic carbocycles. The molecule has 176 valence electrons. The van der Waals surface area contributed by atoms with Crippen molar-refractivity contribution in [3.8, 4) is 17.0 Å². The van der Waals surface area contributed by atoms with Gasteiger partial charge in [-0.15, -0.1) is 0 Å². The molecule has 0 bridgehead atoms. The molecular formula is C25H31N3O4S. The van der Waals surface area contributed by atoms with Crippen molar-refractivity contribution < 1.29 is 18.3 Å². The molecule has 3 aromatic rings. The third-order valence-corrected chi connectivity index (χ3v) is 9.00. The number of hydrogen-bond acceptors (Lipinski definition) is 5. The molecule has 7 nitrogen and oxygen atoms in total. The molecule has 33 heavy (non-hydrogen) atoms. The van der Waals surface area contributed by atoms with Gasteiger partial charge in [0.1, 0.15) is 5.75 Å². The molecule has 1 saturated heterocycles. The Morgan fingerprint density at radius 1 is 1.09 bits per heavy atom. The first kappa shape index (κ1) is 22.3. The van der Waals surface area contributed by atoms with Gasteiger partial charge in [0, 0.05) is 35.6 Å². The Balaban J connectivity index is 1.57. The average Bonchev–Trinajstić information content (AvgIpc) is 3.37. The van der Waals surface area contributed by atoms with Crippen molar-refractivity contribution >= 4 is 26.6 Å². The maximum absolute atomic E-state index is 13.2. The number of sulfonamides is 1. The summed E-state index contributed by atoms with van der Waals surface area (Å²) in [6.07, 6.45) is 4.84. The molecule has 1 aromatic heterocycles. The van der Waals surface area contributed by atoms with Gasteiger partial charge in [-0.3, -0.25) is 0 Å².